The van der Waals surface area contributed by atoms with Gasteiger partial charge in [0.2, 0.25) is 0 Å². The number of para-hydroxylation sites is 1. The van der Waals surface area contributed by atoms with E-state index in [0.717, 1.165) is 83.2 Å². The topological polar surface area (TPSA) is 29.5 Å². The fraction of sp³-hybridized carbons (Fsp3) is 0. The minimum absolute atomic E-state index is 0.847. The van der Waals surface area contributed by atoms with Crippen LogP contribution in [0.2, 0.25) is 0 Å². The van der Waals surface area contributed by atoms with Crippen molar-refractivity contribution in [3.05, 3.63) is 212 Å². The highest BCUT2D eigenvalue weighted by atomic mass is 16.3. The van der Waals surface area contributed by atoms with Gasteiger partial charge in [-0.3, -0.25) is 0 Å². The molecule has 0 aliphatic heterocycles. The molecule has 268 valence electrons. The van der Waals surface area contributed by atoms with Gasteiger partial charge in [-0.05, 0) is 93.5 Å². The lowest BCUT2D eigenvalue weighted by molar-refractivity contribution is 0.664. The number of fused-ring (bicyclic) bond motifs is 6. The Balaban J connectivity index is 1.04. The Morgan fingerprint density at radius 2 is 0.772 bits per heavy atom. The molecule has 0 aliphatic rings. The maximum Gasteiger partial charge on any atom is 0.144 e. The molecule has 11 rings (SSSR count). The monoisotopic (exact) mass is 729 g/mol. The summed E-state index contributed by atoms with van der Waals surface area (Å²) in [5, 5.41) is 4.26. The average molecular weight is 730 g/mol. The summed E-state index contributed by atoms with van der Waals surface area (Å²) in [5.74, 6) is 0. The van der Waals surface area contributed by atoms with Crippen LogP contribution in [0.1, 0.15) is 0 Å². The minimum Gasteiger partial charge on any atom is -0.456 e. The molecular formula is C54H35NO2. The highest BCUT2D eigenvalue weighted by Crippen LogP contribution is 2.47. The molecule has 0 radical (unpaired) electrons. The molecule has 0 amide bonds. The molecule has 0 spiro atoms. The van der Waals surface area contributed by atoms with Crippen LogP contribution in [0.5, 0.6) is 0 Å². The number of anilines is 3. The first-order chi connectivity index (χ1) is 28.3. The van der Waals surface area contributed by atoms with Crippen LogP contribution in [0.3, 0.4) is 0 Å². The van der Waals surface area contributed by atoms with E-state index in [1.165, 1.54) is 22.3 Å². The van der Waals surface area contributed by atoms with Gasteiger partial charge < -0.3 is 13.7 Å². The Bertz CT molecular complexity index is 3100. The van der Waals surface area contributed by atoms with Gasteiger partial charge in [-0.2, -0.15) is 0 Å². The SMILES string of the molecule is c1ccc(-c2ccc(N(c3ccc(-c4ccccc4)cc3)c3ccc(-c4cccc5oc6c(-c7ccccc7)c7c(cc6c45)oc4ccccc47)cc3)cc2)cc1. The van der Waals surface area contributed by atoms with Crippen molar-refractivity contribution in [1.29, 1.82) is 0 Å². The summed E-state index contributed by atoms with van der Waals surface area (Å²) >= 11 is 0. The average Bonchev–Trinajstić information content (AvgIpc) is 3.85. The second-order valence-electron chi connectivity index (χ2n) is 14.5. The van der Waals surface area contributed by atoms with Crippen LogP contribution in [0.15, 0.2) is 221 Å². The fourth-order valence-corrected chi connectivity index (χ4v) is 8.39. The zero-order valence-electron chi connectivity index (χ0n) is 31.0. The molecule has 3 heteroatoms. The molecule has 9 aromatic carbocycles. The second kappa shape index (κ2) is 13.6. The van der Waals surface area contributed by atoms with Crippen molar-refractivity contribution in [2.24, 2.45) is 0 Å². The van der Waals surface area contributed by atoms with Crippen molar-refractivity contribution in [1.82, 2.24) is 0 Å². The molecule has 0 N–H and O–H groups in total. The molecule has 0 aliphatic carbocycles. The van der Waals surface area contributed by atoms with E-state index in [0.29, 0.717) is 0 Å². The van der Waals surface area contributed by atoms with Gasteiger partial charge in [-0.15, -0.1) is 0 Å². The van der Waals surface area contributed by atoms with Crippen LogP contribution in [0.4, 0.5) is 17.1 Å². The molecule has 2 aromatic heterocycles. The zero-order valence-corrected chi connectivity index (χ0v) is 31.0. The third-order valence-corrected chi connectivity index (χ3v) is 11.1. The van der Waals surface area contributed by atoms with E-state index >= 15 is 0 Å². The van der Waals surface area contributed by atoms with Gasteiger partial charge in [0.15, 0.2) is 0 Å². The number of hydrogen-bond acceptors (Lipinski definition) is 3. The predicted octanol–water partition coefficient (Wildman–Crippen LogP) is 15.6. The van der Waals surface area contributed by atoms with Crippen LogP contribution in [-0.4, -0.2) is 0 Å². The molecule has 57 heavy (non-hydrogen) atoms. The summed E-state index contributed by atoms with van der Waals surface area (Å²) < 4.78 is 13.4. The van der Waals surface area contributed by atoms with E-state index in [1.807, 2.05) is 12.1 Å². The molecule has 0 unspecified atom stereocenters. The number of furan rings is 2. The van der Waals surface area contributed by atoms with Crippen LogP contribution < -0.4 is 4.90 Å². The molecular weight excluding hydrogens is 695 g/mol. The Kier molecular flexibility index (Phi) is 7.82. The predicted molar refractivity (Wildman–Crippen MR) is 237 cm³/mol. The molecule has 0 bridgehead atoms. The highest BCUT2D eigenvalue weighted by Gasteiger charge is 2.23. The van der Waals surface area contributed by atoms with Crippen LogP contribution in [-0.2, 0) is 0 Å². The summed E-state index contributed by atoms with van der Waals surface area (Å²) in [6.45, 7) is 0. The van der Waals surface area contributed by atoms with Crippen LogP contribution in [0, 0.1) is 0 Å². The van der Waals surface area contributed by atoms with E-state index in [4.69, 9.17) is 8.83 Å². The summed E-state index contributed by atoms with van der Waals surface area (Å²) in [6.07, 6.45) is 0. The maximum absolute atomic E-state index is 6.84. The maximum atomic E-state index is 6.84. The van der Waals surface area contributed by atoms with E-state index < -0.39 is 0 Å². The fourth-order valence-electron chi connectivity index (χ4n) is 8.39. The summed E-state index contributed by atoms with van der Waals surface area (Å²) in [5.41, 5.74) is 15.8. The Labute approximate surface area is 330 Å². The van der Waals surface area contributed by atoms with E-state index in [2.05, 4.69) is 205 Å². The smallest absolute Gasteiger partial charge is 0.144 e. The van der Waals surface area contributed by atoms with Gasteiger partial charge >= 0.3 is 0 Å². The van der Waals surface area contributed by atoms with Crippen molar-refractivity contribution in [2.75, 3.05) is 4.90 Å². The Morgan fingerprint density at radius 1 is 0.298 bits per heavy atom. The van der Waals surface area contributed by atoms with Gasteiger partial charge in [0.1, 0.15) is 22.3 Å². The molecule has 0 fully saturated rings. The number of nitrogens with zero attached hydrogens (tertiary/aromatic N) is 1. The summed E-state index contributed by atoms with van der Waals surface area (Å²) in [4.78, 5) is 2.33. The van der Waals surface area contributed by atoms with Crippen LogP contribution >= 0.6 is 0 Å². The van der Waals surface area contributed by atoms with E-state index in [-0.39, 0.29) is 0 Å². The molecule has 2 heterocycles. The highest BCUT2D eigenvalue weighted by molar-refractivity contribution is 6.25. The molecule has 3 nitrogen and oxygen atoms in total. The van der Waals surface area contributed by atoms with Gasteiger partial charge in [0, 0.05) is 44.2 Å². The van der Waals surface area contributed by atoms with Crippen molar-refractivity contribution in [3.63, 3.8) is 0 Å². The normalized spacial score (nSPS) is 11.5. The largest absolute Gasteiger partial charge is 0.456 e. The Hall–Kier alpha value is -7.62. The standard InChI is InChI=1S/C54H35NO2/c1-4-13-36(14-5-1)38-23-29-42(30-24-38)55(43-31-25-39(26-32-43)37-15-6-2-7-16-37)44-33-27-40(28-34-44)45-20-12-22-49-52(45)47-35-50-53(46-19-10-11-21-48(46)56-50)51(54(47)57-49)41-17-8-3-9-18-41/h1-35H. The molecule has 11 aromatic rings. The minimum atomic E-state index is 0.847. The lowest BCUT2D eigenvalue weighted by atomic mass is 9.94. The van der Waals surface area contributed by atoms with Gasteiger partial charge in [-0.25, -0.2) is 0 Å². The Morgan fingerprint density at radius 3 is 1.35 bits per heavy atom. The zero-order chi connectivity index (χ0) is 37.7. The molecule has 0 saturated heterocycles. The number of hydrogen-bond donors (Lipinski definition) is 0. The van der Waals surface area contributed by atoms with E-state index in [9.17, 15) is 0 Å². The number of rotatable bonds is 7. The number of benzene rings is 9. The molecule has 0 saturated carbocycles. The van der Waals surface area contributed by atoms with Crippen molar-refractivity contribution in [2.45, 2.75) is 0 Å². The van der Waals surface area contributed by atoms with E-state index in [1.54, 1.807) is 0 Å². The lowest BCUT2D eigenvalue weighted by Crippen LogP contribution is -2.09. The van der Waals surface area contributed by atoms with Crippen molar-refractivity contribution < 1.29 is 8.83 Å². The first-order valence-corrected chi connectivity index (χ1v) is 19.3. The third-order valence-electron chi connectivity index (χ3n) is 11.1. The third kappa shape index (κ3) is 5.68. The van der Waals surface area contributed by atoms with Crippen molar-refractivity contribution >= 4 is 60.9 Å². The second-order valence-corrected chi connectivity index (χ2v) is 14.5. The summed E-state index contributed by atoms with van der Waals surface area (Å²) in [7, 11) is 0. The summed E-state index contributed by atoms with van der Waals surface area (Å²) in [6, 6.07) is 74.9. The molecule has 0 atom stereocenters. The van der Waals surface area contributed by atoms with Gasteiger partial charge in [-0.1, -0.05) is 158 Å². The van der Waals surface area contributed by atoms with Crippen LogP contribution in [0.25, 0.3) is 88.4 Å². The van der Waals surface area contributed by atoms with Crippen molar-refractivity contribution in [3.8, 4) is 44.5 Å². The van der Waals surface area contributed by atoms with Gasteiger partial charge in [0.05, 0.1) is 0 Å². The first kappa shape index (κ1) is 32.8. The first-order valence-electron chi connectivity index (χ1n) is 19.3. The lowest BCUT2D eigenvalue weighted by Gasteiger charge is -2.26. The quantitative estimate of drug-likeness (QED) is 0.164. The van der Waals surface area contributed by atoms with Gasteiger partial charge in [0.25, 0.3) is 0 Å².